The third-order valence-corrected chi connectivity index (χ3v) is 1.88. The average molecular weight is 164 g/mol. The molecule has 0 aromatic carbocycles. The van der Waals surface area contributed by atoms with E-state index in [9.17, 15) is 0 Å². The molecule has 0 saturated carbocycles. The van der Waals surface area contributed by atoms with Crippen LogP contribution in [0.25, 0.3) is 10.8 Å². The van der Waals surface area contributed by atoms with E-state index >= 15 is 0 Å². The van der Waals surface area contributed by atoms with E-state index in [1.54, 1.807) is 12.4 Å². The van der Waals surface area contributed by atoms with Crippen LogP contribution in [0.5, 0.6) is 0 Å². The zero-order valence-corrected chi connectivity index (χ0v) is 6.32. The monoisotopic (exact) mass is 164 g/mol. The van der Waals surface area contributed by atoms with E-state index in [0.29, 0.717) is 5.82 Å². The van der Waals surface area contributed by atoms with Gasteiger partial charge < -0.3 is 0 Å². The Bertz CT molecular complexity index is 318. The smallest absolute Gasteiger partial charge is 0.210 e. The first-order valence-corrected chi connectivity index (χ1v) is 3.88. The molecule has 54 valence electrons. The minimum atomic E-state index is 0.586. The number of rotatable bonds is 1. The Labute approximate surface area is 67.0 Å². The first-order chi connectivity index (χ1) is 5.47. The van der Waals surface area contributed by atoms with Gasteiger partial charge in [-0.1, -0.05) is 0 Å². The van der Waals surface area contributed by atoms with Crippen LogP contribution in [0.4, 0.5) is 0 Å². The van der Waals surface area contributed by atoms with Crippen LogP contribution in [0.3, 0.4) is 0 Å². The Hall–Kier alpha value is -1.36. The first-order valence-electron chi connectivity index (χ1n) is 3.00. The summed E-state index contributed by atoms with van der Waals surface area (Å²) in [6, 6.07) is 0. The summed E-state index contributed by atoms with van der Waals surface area (Å²) >= 11 is 1.50. The quantitative estimate of drug-likeness (QED) is 0.630. The largest absolute Gasteiger partial charge is 0.241 e. The van der Waals surface area contributed by atoms with Crippen LogP contribution in [0.1, 0.15) is 0 Å². The highest BCUT2D eigenvalue weighted by molar-refractivity contribution is 7.12. The van der Waals surface area contributed by atoms with Crippen molar-refractivity contribution in [2.45, 2.75) is 0 Å². The zero-order chi connectivity index (χ0) is 7.52. The van der Waals surface area contributed by atoms with Crippen molar-refractivity contribution in [3.63, 3.8) is 0 Å². The van der Waals surface area contributed by atoms with Crippen molar-refractivity contribution in [2.75, 3.05) is 0 Å². The fraction of sp³-hybridized carbons (Fsp3) is 0. The molecule has 2 rings (SSSR count). The number of hydrogen-bond acceptors (Lipinski definition) is 5. The molecule has 0 saturated heterocycles. The van der Waals surface area contributed by atoms with E-state index in [-0.39, 0.29) is 0 Å². The van der Waals surface area contributed by atoms with Crippen molar-refractivity contribution in [2.24, 2.45) is 0 Å². The SMILES string of the molecule is c1cnc(-c2nccs2)nn1. The van der Waals surface area contributed by atoms with E-state index in [4.69, 9.17) is 0 Å². The number of thiazole rings is 1. The molecule has 0 amide bonds. The molecule has 0 unspecified atom stereocenters. The van der Waals surface area contributed by atoms with Crippen molar-refractivity contribution in [1.82, 2.24) is 20.2 Å². The molecule has 0 aliphatic carbocycles. The molecule has 0 fully saturated rings. The number of aromatic nitrogens is 4. The van der Waals surface area contributed by atoms with Gasteiger partial charge in [0, 0.05) is 17.8 Å². The molecule has 2 aromatic heterocycles. The molecular weight excluding hydrogens is 160 g/mol. The van der Waals surface area contributed by atoms with Gasteiger partial charge in [-0.05, 0) is 0 Å². The summed E-state index contributed by atoms with van der Waals surface area (Å²) in [5.41, 5.74) is 0. The Morgan fingerprint density at radius 2 is 2.09 bits per heavy atom. The molecule has 0 radical (unpaired) electrons. The summed E-state index contributed by atoms with van der Waals surface area (Å²) in [6.45, 7) is 0. The van der Waals surface area contributed by atoms with Gasteiger partial charge in [0.2, 0.25) is 5.82 Å². The van der Waals surface area contributed by atoms with Crippen molar-refractivity contribution in [3.8, 4) is 10.8 Å². The van der Waals surface area contributed by atoms with Gasteiger partial charge >= 0.3 is 0 Å². The van der Waals surface area contributed by atoms with Gasteiger partial charge in [0.1, 0.15) is 0 Å². The van der Waals surface area contributed by atoms with Crippen LogP contribution in [-0.4, -0.2) is 20.2 Å². The minimum Gasteiger partial charge on any atom is -0.241 e. The normalized spacial score (nSPS) is 9.82. The topological polar surface area (TPSA) is 51.6 Å². The fourth-order valence-electron chi connectivity index (χ4n) is 0.679. The van der Waals surface area contributed by atoms with E-state index in [0.717, 1.165) is 5.01 Å². The van der Waals surface area contributed by atoms with Crippen LogP contribution in [0.2, 0.25) is 0 Å². The molecule has 2 heterocycles. The highest BCUT2D eigenvalue weighted by Crippen LogP contribution is 2.14. The lowest BCUT2D eigenvalue weighted by Gasteiger charge is -1.88. The minimum absolute atomic E-state index is 0.586. The molecule has 0 atom stereocenters. The predicted octanol–water partition coefficient (Wildman–Crippen LogP) is 0.995. The molecule has 0 bridgehead atoms. The molecule has 4 nitrogen and oxygen atoms in total. The third kappa shape index (κ3) is 1.22. The lowest BCUT2D eigenvalue weighted by molar-refractivity contribution is 0.977. The third-order valence-electron chi connectivity index (χ3n) is 1.11. The van der Waals surface area contributed by atoms with E-state index in [1.807, 2.05) is 5.38 Å². The number of hydrogen-bond donors (Lipinski definition) is 0. The standard InChI is InChI=1S/C6H4N4S/c1-2-9-10-5(7-1)6-8-3-4-11-6/h1-4H. The van der Waals surface area contributed by atoms with Gasteiger partial charge in [-0.2, -0.15) is 5.10 Å². The predicted molar refractivity (Wildman–Crippen MR) is 40.9 cm³/mol. The maximum absolute atomic E-state index is 4.04. The average Bonchev–Trinajstić information content (AvgIpc) is 2.58. The molecule has 5 heteroatoms. The molecule has 2 aromatic rings. The van der Waals surface area contributed by atoms with Gasteiger partial charge in [-0.15, -0.1) is 16.4 Å². The lowest BCUT2D eigenvalue weighted by atomic mass is 10.6. The molecule has 0 N–H and O–H groups in total. The molecule has 11 heavy (non-hydrogen) atoms. The maximum atomic E-state index is 4.04. The van der Waals surface area contributed by atoms with Crippen molar-refractivity contribution < 1.29 is 0 Å². The summed E-state index contributed by atoms with van der Waals surface area (Å²) in [4.78, 5) is 8.04. The second kappa shape index (κ2) is 2.71. The van der Waals surface area contributed by atoms with Crippen molar-refractivity contribution in [1.29, 1.82) is 0 Å². The van der Waals surface area contributed by atoms with E-state index in [1.165, 1.54) is 17.5 Å². The van der Waals surface area contributed by atoms with Gasteiger partial charge in [0.25, 0.3) is 0 Å². The van der Waals surface area contributed by atoms with Gasteiger partial charge in [0.15, 0.2) is 5.01 Å². The number of nitrogens with zero attached hydrogens (tertiary/aromatic N) is 4. The molecule has 0 aliphatic rings. The second-order valence-electron chi connectivity index (χ2n) is 1.80. The highest BCUT2D eigenvalue weighted by Gasteiger charge is 2.00. The van der Waals surface area contributed by atoms with Crippen molar-refractivity contribution in [3.05, 3.63) is 24.0 Å². The summed E-state index contributed by atoms with van der Waals surface area (Å²) < 4.78 is 0. The van der Waals surface area contributed by atoms with Crippen molar-refractivity contribution >= 4 is 11.3 Å². The van der Waals surface area contributed by atoms with Gasteiger partial charge in [-0.25, -0.2) is 9.97 Å². The van der Waals surface area contributed by atoms with Crippen LogP contribution in [0.15, 0.2) is 24.0 Å². The Morgan fingerprint density at radius 3 is 2.73 bits per heavy atom. The first kappa shape index (κ1) is 6.36. The Morgan fingerprint density at radius 1 is 1.09 bits per heavy atom. The van der Waals surface area contributed by atoms with E-state index in [2.05, 4.69) is 20.2 Å². The molecule has 0 spiro atoms. The maximum Gasteiger partial charge on any atom is 0.210 e. The van der Waals surface area contributed by atoms with Gasteiger partial charge in [-0.3, -0.25) is 0 Å². The zero-order valence-electron chi connectivity index (χ0n) is 5.51. The molecule has 0 aliphatic heterocycles. The van der Waals surface area contributed by atoms with Crippen LogP contribution >= 0.6 is 11.3 Å². The fourth-order valence-corrected chi connectivity index (χ4v) is 1.25. The second-order valence-corrected chi connectivity index (χ2v) is 2.70. The van der Waals surface area contributed by atoms with Crippen LogP contribution in [0, 0.1) is 0 Å². The summed E-state index contributed by atoms with van der Waals surface area (Å²) in [6.07, 6.45) is 4.86. The Kier molecular flexibility index (Phi) is 1.57. The van der Waals surface area contributed by atoms with Crippen LogP contribution in [-0.2, 0) is 0 Å². The summed E-state index contributed by atoms with van der Waals surface area (Å²) in [7, 11) is 0. The summed E-state index contributed by atoms with van der Waals surface area (Å²) in [5.74, 6) is 0.586. The summed E-state index contributed by atoms with van der Waals surface area (Å²) in [5, 5.41) is 10.2. The lowest BCUT2D eigenvalue weighted by Crippen LogP contribution is -1.88. The van der Waals surface area contributed by atoms with E-state index < -0.39 is 0 Å². The highest BCUT2D eigenvalue weighted by atomic mass is 32.1. The van der Waals surface area contributed by atoms with Crippen LogP contribution < -0.4 is 0 Å². The van der Waals surface area contributed by atoms with Gasteiger partial charge in [0.05, 0.1) is 6.20 Å². The molecular formula is C6H4N4S. The Balaban J connectivity index is 2.46.